The maximum Gasteiger partial charge on any atom is 0.246 e. The predicted molar refractivity (Wildman–Crippen MR) is 132 cm³/mol. The molecule has 0 saturated carbocycles. The zero-order valence-electron chi connectivity index (χ0n) is 20.2. The second-order valence-electron chi connectivity index (χ2n) is 9.69. The van der Waals surface area contributed by atoms with E-state index in [4.69, 9.17) is 9.72 Å². The molecule has 2 aromatic heterocycles. The number of aromatic nitrogens is 2. The molecule has 2 atom stereocenters. The van der Waals surface area contributed by atoms with Crippen molar-refractivity contribution in [2.45, 2.75) is 58.8 Å². The Kier molecular flexibility index (Phi) is 5.75. The molecule has 34 heavy (non-hydrogen) atoms. The maximum absolute atomic E-state index is 13.1. The van der Waals surface area contributed by atoms with Crippen molar-refractivity contribution in [1.82, 2.24) is 14.5 Å². The van der Waals surface area contributed by atoms with Gasteiger partial charge in [0.05, 0.1) is 23.5 Å². The molecule has 1 aliphatic heterocycles. The highest BCUT2D eigenvalue weighted by Gasteiger charge is 2.29. The lowest BCUT2D eigenvalue weighted by Gasteiger charge is -2.34. The average Bonchev–Trinajstić information content (AvgIpc) is 3.34. The van der Waals surface area contributed by atoms with Gasteiger partial charge in [-0.15, -0.1) is 0 Å². The van der Waals surface area contributed by atoms with Gasteiger partial charge in [0.25, 0.3) is 0 Å². The molecule has 0 spiro atoms. The molecule has 6 heteroatoms. The van der Waals surface area contributed by atoms with E-state index in [-0.39, 0.29) is 24.2 Å². The maximum atomic E-state index is 13.1. The molecule has 0 N–H and O–H groups in total. The first-order valence-corrected chi connectivity index (χ1v) is 12.0. The molecule has 3 aromatic rings. The van der Waals surface area contributed by atoms with E-state index in [9.17, 15) is 10.1 Å². The summed E-state index contributed by atoms with van der Waals surface area (Å²) in [6, 6.07) is 13.1. The van der Waals surface area contributed by atoms with Gasteiger partial charge in [-0.2, -0.15) is 5.26 Å². The molecule has 3 heterocycles. The van der Waals surface area contributed by atoms with Crippen LogP contribution in [0.1, 0.15) is 53.5 Å². The summed E-state index contributed by atoms with van der Waals surface area (Å²) >= 11 is 0. The van der Waals surface area contributed by atoms with E-state index >= 15 is 0 Å². The van der Waals surface area contributed by atoms with Crippen LogP contribution in [0.4, 0.5) is 0 Å². The highest BCUT2D eigenvalue weighted by atomic mass is 16.5. The van der Waals surface area contributed by atoms with Gasteiger partial charge in [-0.1, -0.05) is 24.3 Å². The van der Waals surface area contributed by atoms with Crippen molar-refractivity contribution in [1.29, 1.82) is 5.26 Å². The van der Waals surface area contributed by atoms with Crippen LogP contribution < -0.4 is 0 Å². The number of pyridine rings is 1. The van der Waals surface area contributed by atoms with E-state index in [1.165, 1.54) is 11.1 Å². The van der Waals surface area contributed by atoms with E-state index in [1.54, 1.807) is 6.08 Å². The number of nitriles is 1. The minimum Gasteiger partial charge on any atom is -0.372 e. The molecule has 5 rings (SSSR count). The van der Waals surface area contributed by atoms with Crippen molar-refractivity contribution < 1.29 is 9.53 Å². The summed E-state index contributed by atoms with van der Waals surface area (Å²) in [5, 5.41) is 11.1. The normalized spacial score (nSPS) is 20.7. The van der Waals surface area contributed by atoms with Gasteiger partial charge in [-0.05, 0) is 69.4 Å². The van der Waals surface area contributed by atoms with Crippen LogP contribution in [0.25, 0.3) is 17.1 Å². The van der Waals surface area contributed by atoms with Crippen molar-refractivity contribution in [2.75, 3.05) is 13.1 Å². The molecule has 6 nitrogen and oxygen atoms in total. The largest absolute Gasteiger partial charge is 0.372 e. The molecule has 0 bridgehead atoms. The molecule has 2 aliphatic rings. The van der Waals surface area contributed by atoms with Crippen LogP contribution in [0, 0.1) is 25.2 Å². The number of benzene rings is 1. The molecule has 1 aromatic carbocycles. The number of aryl methyl sites for hydroxylation is 2. The fourth-order valence-electron chi connectivity index (χ4n) is 5.64. The zero-order chi connectivity index (χ0) is 24.0. The first kappa shape index (κ1) is 22.4. The highest BCUT2D eigenvalue weighted by Crippen LogP contribution is 2.37. The number of morpholine rings is 1. The number of amides is 1. The smallest absolute Gasteiger partial charge is 0.246 e. The Morgan fingerprint density at radius 1 is 1.15 bits per heavy atom. The Morgan fingerprint density at radius 2 is 1.79 bits per heavy atom. The number of nitrogens with zero attached hydrogens (tertiary/aromatic N) is 4. The molecule has 2 unspecified atom stereocenters. The molecule has 0 radical (unpaired) electrons. The number of hydrogen-bond acceptors (Lipinski definition) is 4. The van der Waals surface area contributed by atoms with Crippen molar-refractivity contribution in [3.05, 3.63) is 70.0 Å². The zero-order valence-corrected chi connectivity index (χ0v) is 20.2. The first-order chi connectivity index (χ1) is 16.4. The van der Waals surface area contributed by atoms with Gasteiger partial charge in [-0.3, -0.25) is 4.79 Å². The van der Waals surface area contributed by atoms with Gasteiger partial charge < -0.3 is 14.2 Å². The fraction of sp³-hybridized carbons (Fsp3) is 0.393. The van der Waals surface area contributed by atoms with Gasteiger partial charge in [-0.25, -0.2) is 4.98 Å². The van der Waals surface area contributed by atoms with Crippen LogP contribution in [0.15, 0.2) is 36.4 Å². The molecule has 1 saturated heterocycles. The summed E-state index contributed by atoms with van der Waals surface area (Å²) in [7, 11) is 0. The van der Waals surface area contributed by atoms with E-state index in [1.807, 2.05) is 44.7 Å². The molecule has 174 valence electrons. The van der Waals surface area contributed by atoms with Crippen LogP contribution in [-0.4, -0.2) is 45.7 Å². The second-order valence-corrected chi connectivity index (χ2v) is 9.69. The Balaban J connectivity index is 1.60. The average molecular weight is 455 g/mol. The Labute approximate surface area is 200 Å². The first-order valence-electron chi connectivity index (χ1n) is 12.0. The van der Waals surface area contributed by atoms with E-state index < -0.39 is 0 Å². The van der Waals surface area contributed by atoms with Crippen molar-refractivity contribution in [3.8, 4) is 6.07 Å². The quantitative estimate of drug-likeness (QED) is 0.546. The van der Waals surface area contributed by atoms with Gasteiger partial charge >= 0.3 is 0 Å². The number of rotatable bonds is 3. The molecule has 1 amide bonds. The minimum atomic E-state index is -0.0572. The lowest BCUT2D eigenvalue weighted by Crippen LogP contribution is -2.47. The van der Waals surface area contributed by atoms with Gasteiger partial charge in [0.2, 0.25) is 5.91 Å². The van der Waals surface area contributed by atoms with Crippen molar-refractivity contribution in [3.63, 3.8) is 0 Å². The number of ether oxygens (including phenoxy) is 1. The van der Waals surface area contributed by atoms with Crippen molar-refractivity contribution >= 4 is 23.0 Å². The fourth-order valence-corrected chi connectivity index (χ4v) is 5.64. The lowest BCUT2D eigenvalue weighted by molar-refractivity contribution is -0.137. The molecule has 1 fully saturated rings. The molecular weight excluding hydrogens is 424 g/mol. The third-order valence-corrected chi connectivity index (χ3v) is 6.94. The standard InChI is InChI=1S/C28H30N4O2/c1-17-11-18(2)30-28-27(17)24(14-29)25(9-10-26(33)31-15-19(3)34-20(4)16-31)32(28)23-12-21-7-5-6-8-22(21)13-23/h5-11,19-20,23H,12-13,15-16H2,1-4H3/b10-9+. The molecular formula is C28H30N4O2. The van der Waals surface area contributed by atoms with E-state index in [0.29, 0.717) is 18.7 Å². The number of carbonyl (C=O) groups excluding carboxylic acids is 1. The SMILES string of the molecule is Cc1cc(C)c2c(C#N)c(/C=C/C(=O)N3CC(C)OC(C)C3)n(C3Cc4ccccc4C3)c2n1. The number of hydrogen-bond donors (Lipinski definition) is 0. The third kappa shape index (κ3) is 3.91. The minimum absolute atomic E-state index is 0.00837. The second kappa shape index (κ2) is 8.73. The Hall–Kier alpha value is -3.43. The van der Waals surface area contributed by atoms with Gasteiger partial charge in [0, 0.05) is 36.3 Å². The summed E-state index contributed by atoms with van der Waals surface area (Å²) < 4.78 is 7.97. The summed E-state index contributed by atoms with van der Waals surface area (Å²) in [5.41, 5.74) is 6.80. The highest BCUT2D eigenvalue weighted by molar-refractivity contribution is 5.96. The number of fused-ring (bicyclic) bond motifs is 2. The van der Waals surface area contributed by atoms with Gasteiger partial charge in [0.15, 0.2) is 0 Å². The van der Waals surface area contributed by atoms with Crippen LogP contribution >= 0.6 is 0 Å². The number of carbonyl (C=O) groups is 1. The summed E-state index contributed by atoms with van der Waals surface area (Å²) in [6.07, 6.45) is 5.22. The van der Waals surface area contributed by atoms with Crippen molar-refractivity contribution in [2.24, 2.45) is 0 Å². The Bertz CT molecular complexity index is 1310. The summed E-state index contributed by atoms with van der Waals surface area (Å²) in [6.45, 7) is 9.12. The van der Waals surface area contributed by atoms with Gasteiger partial charge in [0.1, 0.15) is 11.7 Å². The third-order valence-electron chi connectivity index (χ3n) is 6.94. The monoisotopic (exact) mass is 454 g/mol. The van der Waals surface area contributed by atoms with Crippen LogP contribution in [0.2, 0.25) is 0 Å². The van der Waals surface area contributed by atoms with E-state index in [2.05, 4.69) is 34.9 Å². The summed E-state index contributed by atoms with van der Waals surface area (Å²) in [5.74, 6) is -0.0572. The van der Waals surface area contributed by atoms with Crippen LogP contribution in [0.3, 0.4) is 0 Å². The topological polar surface area (TPSA) is 71.2 Å². The summed E-state index contributed by atoms with van der Waals surface area (Å²) in [4.78, 5) is 19.8. The van der Waals surface area contributed by atoms with Crippen LogP contribution in [0.5, 0.6) is 0 Å². The Morgan fingerprint density at radius 3 is 2.41 bits per heavy atom. The predicted octanol–water partition coefficient (Wildman–Crippen LogP) is 4.51. The van der Waals surface area contributed by atoms with E-state index in [0.717, 1.165) is 40.8 Å². The van der Waals surface area contributed by atoms with Crippen LogP contribution in [-0.2, 0) is 22.4 Å². The molecule has 1 aliphatic carbocycles. The lowest BCUT2D eigenvalue weighted by atomic mass is 10.1.